The molecule has 1 heterocycles. The van der Waals surface area contributed by atoms with Crippen molar-refractivity contribution in [3.8, 4) is 0 Å². The third-order valence-corrected chi connectivity index (χ3v) is 4.97. The highest BCUT2D eigenvalue weighted by Gasteiger charge is 2.33. The zero-order chi connectivity index (χ0) is 14.7. The molecule has 1 N–H and O–H groups in total. The Morgan fingerprint density at radius 3 is 2.38 bits per heavy atom. The van der Waals surface area contributed by atoms with Crippen LogP contribution in [0.15, 0.2) is 24.3 Å². The summed E-state index contributed by atoms with van der Waals surface area (Å²) in [6, 6.07) is 10.3. The standard InChI is InChI=1S/C19H30N2/c1-15-6-8-17(9-7-15)19(18-10-11-18)20-16(2)14-21-12-4-3-5-13-21/h6-9,16,18-20H,3-5,10-14H2,1-2H3. The van der Waals surface area contributed by atoms with Gasteiger partial charge in [0.2, 0.25) is 0 Å². The minimum absolute atomic E-state index is 0.561. The van der Waals surface area contributed by atoms with E-state index in [0.717, 1.165) is 5.92 Å². The van der Waals surface area contributed by atoms with Gasteiger partial charge in [0.05, 0.1) is 0 Å². The van der Waals surface area contributed by atoms with Gasteiger partial charge in [0.1, 0.15) is 0 Å². The van der Waals surface area contributed by atoms with E-state index in [9.17, 15) is 0 Å². The number of likely N-dealkylation sites (tertiary alicyclic amines) is 1. The van der Waals surface area contributed by atoms with Gasteiger partial charge in [-0.1, -0.05) is 36.2 Å². The molecule has 3 rings (SSSR count). The first-order chi connectivity index (χ1) is 10.2. The Morgan fingerprint density at radius 2 is 1.76 bits per heavy atom. The van der Waals surface area contributed by atoms with Gasteiger partial charge in [-0.25, -0.2) is 0 Å². The van der Waals surface area contributed by atoms with Crippen LogP contribution in [0.4, 0.5) is 0 Å². The normalized spacial score (nSPS) is 23.0. The molecule has 0 bridgehead atoms. The average Bonchev–Trinajstić information content (AvgIpc) is 3.31. The van der Waals surface area contributed by atoms with Crippen LogP contribution in [0.3, 0.4) is 0 Å². The highest BCUT2D eigenvalue weighted by molar-refractivity contribution is 5.25. The van der Waals surface area contributed by atoms with Crippen molar-refractivity contribution in [2.75, 3.05) is 19.6 Å². The summed E-state index contributed by atoms with van der Waals surface area (Å²) in [5.41, 5.74) is 2.84. The molecule has 2 heteroatoms. The summed E-state index contributed by atoms with van der Waals surface area (Å²) in [6.45, 7) is 8.32. The minimum Gasteiger partial charge on any atom is -0.306 e. The van der Waals surface area contributed by atoms with Gasteiger partial charge >= 0.3 is 0 Å². The predicted molar refractivity (Wildman–Crippen MR) is 89.5 cm³/mol. The van der Waals surface area contributed by atoms with E-state index >= 15 is 0 Å². The Morgan fingerprint density at radius 1 is 1.10 bits per heavy atom. The zero-order valence-corrected chi connectivity index (χ0v) is 13.6. The summed E-state index contributed by atoms with van der Waals surface area (Å²) in [4.78, 5) is 2.64. The molecule has 1 saturated heterocycles. The Balaban J connectivity index is 1.58. The highest BCUT2D eigenvalue weighted by atomic mass is 15.2. The van der Waals surface area contributed by atoms with E-state index in [1.807, 2.05) is 0 Å². The number of nitrogens with one attached hydrogen (secondary N) is 1. The Bertz CT molecular complexity index is 429. The molecule has 2 nitrogen and oxygen atoms in total. The van der Waals surface area contributed by atoms with Crippen LogP contribution >= 0.6 is 0 Å². The second-order valence-corrected chi connectivity index (χ2v) is 7.15. The van der Waals surface area contributed by atoms with Gasteiger partial charge in [0, 0.05) is 18.6 Å². The van der Waals surface area contributed by atoms with Gasteiger partial charge in [0.25, 0.3) is 0 Å². The number of aryl methyl sites for hydroxylation is 1. The van der Waals surface area contributed by atoms with Crippen LogP contribution in [-0.4, -0.2) is 30.6 Å². The van der Waals surface area contributed by atoms with Gasteiger partial charge in [-0.3, -0.25) is 0 Å². The Hall–Kier alpha value is -0.860. The fraction of sp³-hybridized carbons (Fsp3) is 0.684. The Labute approximate surface area is 129 Å². The van der Waals surface area contributed by atoms with Crippen molar-refractivity contribution in [3.63, 3.8) is 0 Å². The molecule has 2 atom stereocenters. The first kappa shape index (κ1) is 15.1. The first-order valence-electron chi connectivity index (χ1n) is 8.77. The number of nitrogens with zero attached hydrogens (tertiary/aromatic N) is 1. The van der Waals surface area contributed by atoms with Crippen molar-refractivity contribution in [2.45, 2.75) is 58.0 Å². The third-order valence-electron chi connectivity index (χ3n) is 4.97. The first-order valence-corrected chi connectivity index (χ1v) is 8.77. The van der Waals surface area contributed by atoms with Crippen LogP contribution < -0.4 is 5.32 Å². The van der Waals surface area contributed by atoms with Crippen LogP contribution in [0.25, 0.3) is 0 Å². The van der Waals surface area contributed by atoms with Crippen molar-refractivity contribution < 1.29 is 0 Å². The van der Waals surface area contributed by atoms with Crippen LogP contribution in [-0.2, 0) is 0 Å². The van der Waals surface area contributed by atoms with E-state index in [0.29, 0.717) is 12.1 Å². The van der Waals surface area contributed by atoms with Gasteiger partial charge in [-0.2, -0.15) is 0 Å². The maximum absolute atomic E-state index is 3.92. The fourth-order valence-electron chi connectivity index (χ4n) is 3.60. The van der Waals surface area contributed by atoms with E-state index in [1.54, 1.807) is 0 Å². The molecule has 2 aliphatic rings. The molecule has 1 aliphatic heterocycles. The molecule has 0 aromatic heterocycles. The van der Waals surface area contributed by atoms with Gasteiger partial charge in [0.15, 0.2) is 0 Å². The molecule has 1 aromatic rings. The van der Waals surface area contributed by atoms with Crippen molar-refractivity contribution >= 4 is 0 Å². The molecule has 2 unspecified atom stereocenters. The summed E-state index contributed by atoms with van der Waals surface area (Å²) >= 11 is 0. The van der Waals surface area contributed by atoms with Gasteiger partial charge in [-0.05, 0) is 64.1 Å². The number of benzene rings is 1. The maximum Gasteiger partial charge on any atom is 0.0351 e. The molecular weight excluding hydrogens is 256 g/mol. The lowest BCUT2D eigenvalue weighted by Crippen LogP contribution is -2.43. The molecule has 1 saturated carbocycles. The van der Waals surface area contributed by atoms with Crippen LogP contribution in [0.5, 0.6) is 0 Å². The molecule has 1 aliphatic carbocycles. The second kappa shape index (κ2) is 6.93. The summed E-state index contributed by atoms with van der Waals surface area (Å²) < 4.78 is 0. The SMILES string of the molecule is Cc1ccc(C(NC(C)CN2CCCCC2)C2CC2)cc1. The van der Waals surface area contributed by atoms with E-state index in [4.69, 9.17) is 0 Å². The van der Waals surface area contributed by atoms with Crippen LogP contribution in [0, 0.1) is 12.8 Å². The van der Waals surface area contributed by atoms with Crippen molar-refractivity contribution in [2.24, 2.45) is 5.92 Å². The van der Waals surface area contributed by atoms with Crippen molar-refractivity contribution in [3.05, 3.63) is 35.4 Å². The molecular formula is C19H30N2. The number of piperidine rings is 1. The number of rotatable bonds is 6. The predicted octanol–water partition coefficient (Wildman–Crippen LogP) is 3.91. The van der Waals surface area contributed by atoms with E-state index in [-0.39, 0.29) is 0 Å². The van der Waals surface area contributed by atoms with E-state index in [1.165, 1.54) is 62.9 Å². The largest absolute Gasteiger partial charge is 0.306 e. The molecule has 0 spiro atoms. The molecule has 0 amide bonds. The third kappa shape index (κ3) is 4.31. The summed E-state index contributed by atoms with van der Waals surface area (Å²) in [7, 11) is 0. The Kier molecular flexibility index (Phi) is 4.97. The van der Waals surface area contributed by atoms with Crippen LogP contribution in [0.2, 0.25) is 0 Å². The quantitative estimate of drug-likeness (QED) is 0.853. The van der Waals surface area contributed by atoms with Crippen molar-refractivity contribution in [1.29, 1.82) is 0 Å². The second-order valence-electron chi connectivity index (χ2n) is 7.15. The highest BCUT2D eigenvalue weighted by Crippen LogP contribution is 2.41. The summed E-state index contributed by atoms with van der Waals surface area (Å²) in [6.07, 6.45) is 6.98. The smallest absolute Gasteiger partial charge is 0.0351 e. The summed E-state index contributed by atoms with van der Waals surface area (Å²) in [5, 5.41) is 3.92. The molecule has 2 fully saturated rings. The topological polar surface area (TPSA) is 15.3 Å². The molecule has 21 heavy (non-hydrogen) atoms. The van der Waals surface area contributed by atoms with E-state index in [2.05, 4.69) is 48.3 Å². The van der Waals surface area contributed by atoms with Crippen LogP contribution in [0.1, 0.15) is 56.2 Å². The lowest BCUT2D eigenvalue weighted by molar-refractivity contribution is 0.202. The lowest BCUT2D eigenvalue weighted by atomic mass is 10.00. The van der Waals surface area contributed by atoms with Gasteiger partial charge in [-0.15, -0.1) is 0 Å². The summed E-state index contributed by atoms with van der Waals surface area (Å²) in [5.74, 6) is 0.858. The molecule has 1 aromatic carbocycles. The maximum atomic E-state index is 3.92. The monoisotopic (exact) mass is 286 g/mol. The van der Waals surface area contributed by atoms with Crippen molar-refractivity contribution in [1.82, 2.24) is 10.2 Å². The van der Waals surface area contributed by atoms with E-state index < -0.39 is 0 Å². The molecule has 116 valence electrons. The lowest BCUT2D eigenvalue weighted by Gasteiger charge is -2.31. The zero-order valence-electron chi connectivity index (χ0n) is 13.6. The fourth-order valence-corrected chi connectivity index (χ4v) is 3.60. The number of hydrogen-bond donors (Lipinski definition) is 1. The minimum atomic E-state index is 0.561. The van der Waals surface area contributed by atoms with Gasteiger partial charge < -0.3 is 10.2 Å². The average molecular weight is 286 g/mol. The number of hydrogen-bond acceptors (Lipinski definition) is 2. The molecule has 0 radical (unpaired) electrons.